The molecule has 1 unspecified atom stereocenters. The predicted molar refractivity (Wildman–Crippen MR) is 135 cm³/mol. The Labute approximate surface area is 210 Å². The van der Waals surface area contributed by atoms with E-state index in [-0.39, 0.29) is 12.0 Å². The lowest BCUT2D eigenvalue weighted by atomic mass is 9.85. The van der Waals surface area contributed by atoms with Crippen LogP contribution in [-0.2, 0) is 23.1 Å². The van der Waals surface area contributed by atoms with Crippen molar-refractivity contribution in [3.63, 3.8) is 0 Å². The average molecular weight is 496 g/mol. The number of morpholine rings is 1. The number of fused-ring (bicyclic) bond motifs is 1. The molecule has 184 valence electrons. The summed E-state index contributed by atoms with van der Waals surface area (Å²) in [6.45, 7) is 6.16. The number of benzene rings is 1. The molecule has 3 heterocycles. The van der Waals surface area contributed by atoms with E-state index in [1.807, 2.05) is 24.4 Å². The number of rotatable bonds is 7. The number of nitrogens with zero attached hydrogens (tertiary/aromatic N) is 4. The van der Waals surface area contributed by atoms with E-state index in [4.69, 9.17) is 26.1 Å². The van der Waals surface area contributed by atoms with Crippen LogP contribution < -0.4 is 10.1 Å². The van der Waals surface area contributed by atoms with Crippen LogP contribution in [0.5, 0.6) is 5.75 Å². The van der Waals surface area contributed by atoms with E-state index in [0.29, 0.717) is 22.4 Å². The second kappa shape index (κ2) is 10.1. The van der Waals surface area contributed by atoms with Gasteiger partial charge in [0.25, 0.3) is 0 Å². The number of aliphatic hydroxyl groups is 1. The molecule has 0 amide bonds. The summed E-state index contributed by atoms with van der Waals surface area (Å²) in [5.41, 5.74) is 5.21. The summed E-state index contributed by atoms with van der Waals surface area (Å²) in [5, 5.41) is 13.8. The first kappa shape index (κ1) is 23.9. The fourth-order valence-corrected chi connectivity index (χ4v) is 4.96. The van der Waals surface area contributed by atoms with Crippen LogP contribution in [0.25, 0.3) is 11.3 Å². The molecule has 0 bridgehead atoms. The molecule has 0 radical (unpaired) electrons. The maximum absolute atomic E-state index is 9.93. The zero-order valence-electron chi connectivity index (χ0n) is 20.1. The SMILES string of the molecule is COc1cc(CN2CCOCC2)c(Cl)cc1Nc1nccc(-c2cnc3c(c2)C(C)(CO)CC3)n1. The quantitative estimate of drug-likeness (QED) is 0.508. The summed E-state index contributed by atoms with van der Waals surface area (Å²) >= 11 is 6.64. The fourth-order valence-electron chi connectivity index (χ4n) is 4.73. The number of hydrogen-bond donors (Lipinski definition) is 2. The van der Waals surface area contributed by atoms with Gasteiger partial charge >= 0.3 is 0 Å². The van der Waals surface area contributed by atoms with Crippen molar-refractivity contribution < 1.29 is 14.6 Å². The molecule has 5 rings (SSSR count). The molecule has 2 aromatic heterocycles. The minimum Gasteiger partial charge on any atom is -0.495 e. The highest BCUT2D eigenvalue weighted by Crippen LogP contribution is 2.39. The van der Waals surface area contributed by atoms with Gasteiger partial charge < -0.3 is 19.9 Å². The highest BCUT2D eigenvalue weighted by Gasteiger charge is 2.35. The van der Waals surface area contributed by atoms with E-state index < -0.39 is 0 Å². The number of pyridine rings is 1. The smallest absolute Gasteiger partial charge is 0.227 e. The van der Waals surface area contributed by atoms with Gasteiger partial charge in [-0.2, -0.15) is 0 Å². The minimum absolute atomic E-state index is 0.101. The zero-order valence-corrected chi connectivity index (χ0v) is 20.8. The molecule has 1 fully saturated rings. The molecule has 1 aliphatic heterocycles. The van der Waals surface area contributed by atoms with Crippen molar-refractivity contribution in [1.82, 2.24) is 19.9 Å². The van der Waals surface area contributed by atoms with Crippen molar-refractivity contribution in [2.24, 2.45) is 0 Å². The Morgan fingerprint density at radius 1 is 1.23 bits per heavy atom. The van der Waals surface area contributed by atoms with Crippen molar-refractivity contribution in [3.05, 3.63) is 58.5 Å². The van der Waals surface area contributed by atoms with Crippen LogP contribution in [0.3, 0.4) is 0 Å². The molecule has 0 saturated carbocycles. The Morgan fingerprint density at radius 2 is 2.06 bits per heavy atom. The molecule has 1 aliphatic carbocycles. The van der Waals surface area contributed by atoms with Crippen LogP contribution >= 0.6 is 11.6 Å². The maximum Gasteiger partial charge on any atom is 0.227 e. The zero-order chi connectivity index (χ0) is 24.4. The van der Waals surface area contributed by atoms with Crippen LogP contribution in [-0.4, -0.2) is 65.0 Å². The Bertz CT molecular complexity index is 1220. The minimum atomic E-state index is -0.264. The van der Waals surface area contributed by atoms with Crippen LogP contribution in [0.15, 0.2) is 36.7 Å². The molecule has 35 heavy (non-hydrogen) atoms. The highest BCUT2D eigenvalue weighted by molar-refractivity contribution is 6.31. The monoisotopic (exact) mass is 495 g/mol. The summed E-state index contributed by atoms with van der Waals surface area (Å²) < 4.78 is 11.1. The van der Waals surface area contributed by atoms with E-state index in [1.165, 1.54) is 0 Å². The second-order valence-corrected chi connectivity index (χ2v) is 9.77. The standard InChI is InChI=1S/C26H30ClN5O3/c1-26(16-33)5-3-22-19(26)11-17(14-29-22)21-4-6-28-25(30-21)31-23-13-20(27)18(12-24(23)34-2)15-32-7-9-35-10-8-32/h4,6,11-14,33H,3,5,7-10,15-16H2,1-2H3,(H,28,30,31). The van der Waals surface area contributed by atoms with Gasteiger partial charge in [-0.3, -0.25) is 9.88 Å². The summed E-state index contributed by atoms with van der Waals surface area (Å²) in [5.74, 6) is 1.10. The van der Waals surface area contributed by atoms with Gasteiger partial charge in [-0.15, -0.1) is 0 Å². The number of anilines is 2. The molecule has 9 heteroatoms. The normalized spacial score (nSPS) is 20.0. The first-order chi connectivity index (χ1) is 17.0. The molecule has 2 N–H and O–H groups in total. The molecule has 2 aliphatic rings. The molecular formula is C26H30ClN5O3. The largest absolute Gasteiger partial charge is 0.495 e. The Kier molecular flexibility index (Phi) is 6.88. The van der Waals surface area contributed by atoms with Crippen LogP contribution in [0.4, 0.5) is 11.6 Å². The third-order valence-electron chi connectivity index (χ3n) is 6.95. The van der Waals surface area contributed by atoms with E-state index in [1.54, 1.807) is 13.3 Å². The van der Waals surface area contributed by atoms with Crippen molar-refractivity contribution >= 4 is 23.2 Å². The first-order valence-corrected chi connectivity index (χ1v) is 12.2. The highest BCUT2D eigenvalue weighted by atomic mass is 35.5. The molecular weight excluding hydrogens is 466 g/mol. The average Bonchev–Trinajstić information content (AvgIpc) is 3.23. The lowest BCUT2D eigenvalue weighted by Gasteiger charge is -2.27. The Hall–Kier alpha value is -2.78. The van der Waals surface area contributed by atoms with E-state index in [0.717, 1.165) is 73.8 Å². The van der Waals surface area contributed by atoms with Crippen LogP contribution in [0, 0.1) is 0 Å². The third-order valence-corrected chi connectivity index (χ3v) is 7.30. The lowest BCUT2D eigenvalue weighted by Crippen LogP contribution is -2.35. The topological polar surface area (TPSA) is 92.6 Å². The van der Waals surface area contributed by atoms with Gasteiger partial charge in [-0.1, -0.05) is 18.5 Å². The summed E-state index contributed by atoms with van der Waals surface area (Å²) in [7, 11) is 1.64. The van der Waals surface area contributed by atoms with E-state index in [9.17, 15) is 5.11 Å². The number of aromatic nitrogens is 3. The first-order valence-electron chi connectivity index (χ1n) is 11.9. The molecule has 1 aromatic carbocycles. The molecule has 8 nitrogen and oxygen atoms in total. The number of hydrogen-bond acceptors (Lipinski definition) is 8. The number of aryl methyl sites for hydroxylation is 1. The number of halogens is 1. The number of ether oxygens (including phenoxy) is 2. The molecule has 3 aromatic rings. The molecule has 1 atom stereocenters. The number of methoxy groups -OCH3 is 1. The van der Waals surface area contributed by atoms with Gasteiger partial charge in [0, 0.05) is 53.7 Å². The van der Waals surface area contributed by atoms with Crippen LogP contribution in [0.1, 0.15) is 30.2 Å². The van der Waals surface area contributed by atoms with Crippen molar-refractivity contribution in [3.8, 4) is 17.0 Å². The van der Waals surface area contributed by atoms with Crippen molar-refractivity contribution in [1.29, 1.82) is 0 Å². The van der Waals surface area contributed by atoms with Gasteiger partial charge in [0.05, 0.1) is 38.3 Å². The second-order valence-electron chi connectivity index (χ2n) is 9.36. The van der Waals surface area contributed by atoms with E-state index in [2.05, 4.69) is 33.2 Å². The third kappa shape index (κ3) is 4.97. The van der Waals surface area contributed by atoms with Crippen molar-refractivity contribution in [2.75, 3.05) is 45.3 Å². The Morgan fingerprint density at radius 3 is 2.83 bits per heavy atom. The van der Waals surface area contributed by atoms with Gasteiger partial charge in [-0.05, 0) is 48.2 Å². The Balaban J connectivity index is 1.39. The predicted octanol–water partition coefficient (Wildman–Crippen LogP) is 3.97. The summed E-state index contributed by atoms with van der Waals surface area (Å²) in [6, 6.07) is 7.77. The van der Waals surface area contributed by atoms with Gasteiger partial charge in [0.1, 0.15) is 5.75 Å². The summed E-state index contributed by atoms with van der Waals surface area (Å²) in [4.78, 5) is 16.1. The lowest BCUT2D eigenvalue weighted by molar-refractivity contribution is 0.0342. The molecule has 1 saturated heterocycles. The van der Waals surface area contributed by atoms with Gasteiger partial charge in [-0.25, -0.2) is 9.97 Å². The van der Waals surface area contributed by atoms with Gasteiger partial charge in [0.15, 0.2) is 0 Å². The summed E-state index contributed by atoms with van der Waals surface area (Å²) in [6.07, 6.45) is 5.33. The maximum atomic E-state index is 9.93. The number of aliphatic hydroxyl groups excluding tert-OH is 1. The van der Waals surface area contributed by atoms with Gasteiger partial charge in [0.2, 0.25) is 5.95 Å². The number of nitrogens with one attached hydrogen (secondary N) is 1. The van der Waals surface area contributed by atoms with Crippen LogP contribution in [0.2, 0.25) is 5.02 Å². The van der Waals surface area contributed by atoms with Crippen molar-refractivity contribution in [2.45, 2.75) is 31.7 Å². The fraction of sp³-hybridized carbons (Fsp3) is 0.423. The molecule has 0 spiro atoms. The van der Waals surface area contributed by atoms with E-state index >= 15 is 0 Å².